The normalized spacial score (nSPS) is 11.0. The zero-order chi connectivity index (χ0) is 21.1. The predicted octanol–water partition coefficient (Wildman–Crippen LogP) is 2.50. The van der Waals surface area contributed by atoms with Gasteiger partial charge in [-0.05, 0) is 28.5 Å². The molecule has 3 N–H and O–H groups in total. The molecule has 0 saturated carbocycles. The lowest BCUT2D eigenvalue weighted by atomic mass is 10.1. The molecule has 0 amide bonds. The van der Waals surface area contributed by atoms with Crippen molar-refractivity contribution >= 4 is 29.7 Å². The summed E-state index contributed by atoms with van der Waals surface area (Å²) in [7, 11) is 0. The third-order valence-electron chi connectivity index (χ3n) is 3.39. The maximum Gasteiger partial charge on any atom is 0.346 e. The molecule has 2 aromatic carbocycles. The van der Waals surface area contributed by atoms with Gasteiger partial charge in [-0.3, -0.25) is 0 Å². The van der Waals surface area contributed by atoms with Crippen LogP contribution in [0.3, 0.4) is 0 Å². The Balaban J connectivity index is 0.000000212. The van der Waals surface area contributed by atoms with Gasteiger partial charge in [0, 0.05) is 0 Å². The molecule has 1 heterocycles. The van der Waals surface area contributed by atoms with E-state index in [0.717, 1.165) is 5.56 Å². The van der Waals surface area contributed by atoms with E-state index in [1.165, 1.54) is 12.2 Å². The minimum atomic E-state index is -1.20. The van der Waals surface area contributed by atoms with Crippen LogP contribution in [0, 0.1) is 11.3 Å². The number of nitriles is 1. The van der Waals surface area contributed by atoms with Gasteiger partial charge in [0.25, 0.3) is 0 Å². The number of nitrogens with one attached hydrogen (secondary N) is 1. The lowest BCUT2D eigenvalue weighted by molar-refractivity contribution is -0.132. The van der Waals surface area contributed by atoms with Crippen molar-refractivity contribution in [3.63, 3.8) is 0 Å². The summed E-state index contributed by atoms with van der Waals surface area (Å²) in [6, 6.07) is 19.6. The molecule has 3 aromatic rings. The summed E-state index contributed by atoms with van der Waals surface area (Å²) >= 11 is 0. The van der Waals surface area contributed by atoms with E-state index in [-0.39, 0.29) is 17.0 Å². The van der Waals surface area contributed by atoms with Crippen LogP contribution >= 0.6 is 0 Å². The number of aromatic nitrogens is 4. The minimum absolute atomic E-state index is 0.0000463. The lowest BCUT2D eigenvalue weighted by Crippen LogP contribution is -2.01. The molecule has 0 unspecified atom stereocenters. The van der Waals surface area contributed by atoms with Crippen molar-refractivity contribution in [2.75, 3.05) is 0 Å². The van der Waals surface area contributed by atoms with Crippen molar-refractivity contribution in [3.05, 3.63) is 83.2 Å². The third-order valence-corrected chi connectivity index (χ3v) is 3.39. The van der Waals surface area contributed by atoms with E-state index < -0.39 is 11.9 Å². The molecule has 9 heteroatoms. The first-order valence-electron chi connectivity index (χ1n) is 8.15. The highest BCUT2D eigenvalue weighted by atomic mass is 16.4. The summed E-state index contributed by atoms with van der Waals surface area (Å²) in [6.07, 6.45) is 2.83. The number of carboxylic acids is 2. The standard InChI is InChI=1S/C10H8N4O2.C10H7NO2/c15-10(16)8(9-11-13-14-12-9)6-7-4-2-1-3-5-7;11-7-9(10(12)13)6-8-4-2-1-3-5-8/h1-6H,(H,15,16)(H,11,12,13,14);1-6H,(H,12,13)/b8-6-;9-6-. The highest BCUT2D eigenvalue weighted by molar-refractivity contribution is 6.19. The van der Waals surface area contributed by atoms with Gasteiger partial charge < -0.3 is 10.2 Å². The van der Waals surface area contributed by atoms with Gasteiger partial charge in [0.2, 0.25) is 5.82 Å². The number of aromatic amines is 1. The molecule has 0 atom stereocenters. The fraction of sp³-hybridized carbons (Fsp3) is 0. The van der Waals surface area contributed by atoms with Gasteiger partial charge in [0.1, 0.15) is 17.2 Å². The van der Waals surface area contributed by atoms with Crippen LogP contribution in [0.25, 0.3) is 17.7 Å². The Bertz CT molecular complexity index is 1050. The van der Waals surface area contributed by atoms with E-state index in [0.29, 0.717) is 5.56 Å². The SMILES string of the molecule is N#C/C(=C/c1ccccc1)C(=O)O.O=C(O)/C(=C\c1ccccc1)c1nn[nH]n1. The molecule has 0 fully saturated rings. The second kappa shape index (κ2) is 10.5. The zero-order valence-electron chi connectivity index (χ0n) is 14.9. The van der Waals surface area contributed by atoms with Crippen molar-refractivity contribution in [3.8, 4) is 6.07 Å². The van der Waals surface area contributed by atoms with E-state index in [4.69, 9.17) is 15.5 Å². The number of hydrogen-bond donors (Lipinski definition) is 3. The second-order valence-electron chi connectivity index (χ2n) is 5.39. The second-order valence-corrected chi connectivity index (χ2v) is 5.39. The first-order chi connectivity index (χ1) is 14.0. The van der Waals surface area contributed by atoms with Gasteiger partial charge in [0.15, 0.2) is 0 Å². The molecule has 0 spiro atoms. The van der Waals surface area contributed by atoms with Crippen LogP contribution in [0.1, 0.15) is 17.0 Å². The first-order valence-corrected chi connectivity index (χ1v) is 8.15. The molecule has 0 aliphatic heterocycles. The zero-order valence-corrected chi connectivity index (χ0v) is 14.9. The Hall–Kier alpha value is -4.58. The number of nitrogens with zero attached hydrogens (tertiary/aromatic N) is 4. The fourth-order valence-electron chi connectivity index (χ4n) is 2.07. The average Bonchev–Trinajstić information content (AvgIpc) is 3.26. The fourth-order valence-corrected chi connectivity index (χ4v) is 2.07. The quantitative estimate of drug-likeness (QED) is 0.444. The molecule has 0 saturated heterocycles. The number of carbonyl (C=O) groups is 2. The van der Waals surface area contributed by atoms with Gasteiger partial charge >= 0.3 is 11.9 Å². The molecule has 0 radical (unpaired) electrons. The average molecular weight is 389 g/mol. The number of hydrogen-bond acceptors (Lipinski definition) is 6. The Kier molecular flexibility index (Phi) is 7.53. The monoisotopic (exact) mass is 389 g/mol. The third kappa shape index (κ3) is 6.58. The van der Waals surface area contributed by atoms with Crippen LogP contribution in [0.5, 0.6) is 0 Å². The van der Waals surface area contributed by atoms with Crippen molar-refractivity contribution in [2.24, 2.45) is 0 Å². The first kappa shape index (κ1) is 20.7. The Morgan fingerprint density at radius 2 is 1.45 bits per heavy atom. The minimum Gasteiger partial charge on any atom is -0.478 e. The largest absolute Gasteiger partial charge is 0.478 e. The van der Waals surface area contributed by atoms with Crippen LogP contribution in [0.4, 0.5) is 0 Å². The Labute approximate surface area is 165 Å². The number of rotatable bonds is 5. The number of aliphatic carboxylic acids is 2. The smallest absolute Gasteiger partial charge is 0.346 e. The van der Waals surface area contributed by atoms with Crippen LogP contribution in [0.2, 0.25) is 0 Å². The van der Waals surface area contributed by atoms with Crippen molar-refractivity contribution in [2.45, 2.75) is 0 Å². The number of benzene rings is 2. The van der Waals surface area contributed by atoms with E-state index >= 15 is 0 Å². The Morgan fingerprint density at radius 1 is 0.897 bits per heavy atom. The topological polar surface area (TPSA) is 153 Å². The maximum atomic E-state index is 11.0. The number of tetrazole rings is 1. The molecule has 0 bridgehead atoms. The summed E-state index contributed by atoms with van der Waals surface area (Å²) in [5, 5.41) is 38.8. The molecule has 0 aliphatic rings. The molecule has 144 valence electrons. The lowest BCUT2D eigenvalue weighted by Gasteiger charge is -1.96. The summed E-state index contributed by atoms with van der Waals surface area (Å²) in [5.41, 5.74) is 1.22. The number of H-pyrrole nitrogens is 1. The summed E-state index contributed by atoms with van der Waals surface area (Å²) < 4.78 is 0. The summed E-state index contributed by atoms with van der Waals surface area (Å²) in [5.74, 6) is -2.23. The van der Waals surface area contributed by atoms with Gasteiger partial charge in [0.05, 0.1) is 0 Å². The predicted molar refractivity (Wildman–Crippen MR) is 104 cm³/mol. The van der Waals surface area contributed by atoms with Gasteiger partial charge in [-0.15, -0.1) is 10.2 Å². The molecular formula is C20H15N5O4. The highest BCUT2D eigenvalue weighted by Crippen LogP contribution is 2.13. The van der Waals surface area contributed by atoms with E-state index in [2.05, 4.69) is 20.6 Å². The van der Waals surface area contributed by atoms with Crippen LogP contribution in [-0.4, -0.2) is 42.8 Å². The molecule has 1 aromatic heterocycles. The van der Waals surface area contributed by atoms with Crippen molar-refractivity contribution in [1.82, 2.24) is 20.6 Å². The van der Waals surface area contributed by atoms with Gasteiger partial charge in [-0.1, -0.05) is 60.7 Å². The van der Waals surface area contributed by atoms with Crippen LogP contribution in [-0.2, 0) is 9.59 Å². The van der Waals surface area contributed by atoms with E-state index in [1.807, 2.05) is 24.3 Å². The van der Waals surface area contributed by atoms with E-state index in [9.17, 15) is 9.59 Å². The summed E-state index contributed by atoms with van der Waals surface area (Å²) in [6.45, 7) is 0. The maximum absolute atomic E-state index is 11.0. The van der Waals surface area contributed by atoms with Crippen molar-refractivity contribution in [1.29, 1.82) is 5.26 Å². The molecule has 3 rings (SSSR count). The molecule has 29 heavy (non-hydrogen) atoms. The number of carboxylic acid groups (broad SMARTS) is 2. The molecular weight excluding hydrogens is 374 g/mol. The molecule has 0 aliphatic carbocycles. The molecule has 9 nitrogen and oxygen atoms in total. The van der Waals surface area contributed by atoms with Gasteiger partial charge in [-0.2, -0.15) is 10.5 Å². The van der Waals surface area contributed by atoms with Crippen molar-refractivity contribution < 1.29 is 19.8 Å². The Morgan fingerprint density at radius 3 is 1.86 bits per heavy atom. The van der Waals surface area contributed by atoms with Gasteiger partial charge in [-0.25, -0.2) is 9.59 Å². The van der Waals surface area contributed by atoms with E-state index in [1.54, 1.807) is 42.5 Å². The van der Waals surface area contributed by atoms with Crippen LogP contribution in [0.15, 0.2) is 66.2 Å². The van der Waals surface area contributed by atoms with Crippen LogP contribution < -0.4 is 0 Å². The highest BCUT2D eigenvalue weighted by Gasteiger charge is 2.14. The summed E-state index contributed by atoms with van der Waals surface area (Å²) in [4.78, 5) is 21.5.